The van der Waals surface area contributed by atoms with Gasteiger partial charge in [0.1, 0.15) is 11.5 Å². The summed E-state index contributed by atoms with van der Waals surface area (Å²) in [6.07, 6.45) is 8.50. The Morgan fingerprint density at radius 3 is 2.17 bits per heavy atom. The molecular formula is C48H30N4. The normalized spacial score (nSPS) is 15.9. The summed E-state index contributed by atoms with van der Waals surface area (Å²) in [4.78, 5) is 5.38. The van der Waals surface area contributed by atoms with Crippen molar-refractivity contribution in [3.05, 3.63) is 175 Å². The van der Waals surface area contributed by atoms with Gasteiger partial charge in [0.2, 0.25) is 0 Å². The number of allylic oxidation sites excluding steroid dienone is 2. The first kappa shape index (κ1) is 27.9. The first-order chi connectivity index (χ1) is 25.8. The molecule has 7 aromatic carbocycles. The van der Waals surface area contributed by atoms with Crippen molar-refractivity contribution in [2.75, 3.05) is 0 Å². The van der Waals surface area contributed by atoms with Crippen LogP contribution in [-0.2, 0) is 0 Å². The number of aromatic nitrogens is 2. The van der Waals surface area contributed by atoms with Gasteiger partial charge in [0.25, 0.3) is 0 Å². The number of rotatable bonds is 2. The molecule has 2 aliphatic heterocycles. The molecule has 9 aromatic rings. The summed E-state index contributed by atoms with van der Waals surface area (Å²) in [6.45, 7) is 0. The topological polar surface area (TPSA) is 34.2 Å². The SMILES string of the molecule is C1=CC2=NC(c3ccccc3)=C(n3c4cc5c(cc4c4c6ccccc6ccc43)-n3c4ccccc4c4cccc(c43)-c3ccccc3-5)NC2C=C1. The monoisotopic (exact) mass is 662 g/mol. The number of benzene rings is 7. The average molecular weight is 663 g/mol. The van der Waals surface area contributed by atoms with Crippen LogP contribution >= 0.6 is 0 Å². The third-order valence-electron chi connectivity index (χ3n) is 11.2. The quantitative estimate of drug-likeness (QED) is 0.196. The Balaban J connectivity index is 1.29. The second-order valence-electron chi connectivity index (χ2n) is 14.0. The standard InChI is InChI=1S/C48H30N4/c1-2-14-30(15-3-1)46-48(50-40-23-10-9-22-39(40)49-46)52-42-26-25-29-13-4-5-16-31(29)45(42)38-28-43-37(27-44(38)52)33-18-7-6-17-32(33)35-20-12-21-36-34-19-8-11-24-41(34)51(43)47(35)36/h1-28,40,50H. The maximum atomic E-state index is 5.38. The van der Waals surface area contributed by atoms with E-state index in [-0.39, 0.29) is 6.04 Å². The summed E-state index contributed by atoms with van der Waals surface area (Å²) in [5.74, 6) is 0.981. The molecule has 1 atom stereocenters. The van der Waals surface area contributed by atoms with Crippen LogP contribution in [0.2, 0.25) is 0 Å². The fourth-order valence-electron chi connectivity index (χ4n) is 9.03. The van der Waals surface area contributed by atoms with Crippen LogP contribution < -0.4 is 5.32 Å². The summed E-state index contributed by atoms with van der Waals surface area (Å²) < 4.78 is 4.96. The van der Waals surface area contributed by atoms with E-state index in [4.69, 9.17) is 4.99 Å². The largest absolute Gasteiger partial charge is 0.357 e. The van der Waals surface area contributed by atoms with E-state index in [0.717, 1.165) is 33.8 Å². The third-order valence-corrected chi connectivity index (χ3v) is 11.2. The molecule has 0 fully saturated rings. The minimum absolute atomic E-state index is 0.0315. The number of fused-ring (bicyclic) bond motifs is 14. The van der Waals surface area contributed by atoms with E-state index in [1.807, 2.05) is 0 Å². The van der Waals surface area contributed by atoms with Crippen molar-refractivity contribution in [1.82, 2.24) is 14.5 Å². The lowest BCUT2D eigenvalue weighted by atomic mass is 9.93. The molecule has 0 saturated heterocycles. The Kier molecular flexibility index (Phi) is 5.53. The number of aliphatic imine (C=N–C) groups is 1. The second kappa shape index (κ2) is 10.3. The van der Waals surface area contributed by atoms with Gasteiger partial charge in [0.15, 0.2) is 0 Å². The smallest absolute Gasteiger partial charge is 0.138 e. The van der Waals surface area contributed by atoms with Gasteiger partial charge in [-0.05, 0) is 52.2 Å². The van der Waals surface area contributed by atoms with Gasteiger partial charge in [-0.25, -0.2) is 4.99 Å². The van der Waals surface area contributed by atoms with Crippen molar-refractivity contribution in [3.8, 4) is 27.9 Å². The molecule has 4 heterocycles. The predicted molar refractivity (Wildman–Crippen MR) is 218 cm³/mol. The van der Waals surface area contributed by atoms with Gasteiger partial charge < -0.3 is 9.88 Å². The Hall–Kier alpha value is -6.91. The van der Waals surface area contributed by atoms with E-state index in [1.165, 1.54) is 71.3 Å². The van der Waals surface area contributed by atoms with Gasteiger partial charge in [-0.2, -0.15) is 0 Å². The maximum absolute atomic E-state index is 5.38. The molecule has 0 bridgehead atoms. The van der Waals surface area contributed by atoms with Gasteiger partial charge >= 0.3 is 0 Å². The van der Waals surface area contributed by atoms with E-state index in [0.29, 0.717) is 0 Å². The molecule has 0 saturated carbocycles. The minimum Gasteiger partial charge on any atom is -0.357 e. The average Bonchev–Trinajstić information content (AvgIpc) is 3.69. The first-order valence-corrected chi connectivity index (χ1v) is 17.9. The van der Waals surface area contributed by atoms with Gasteiger partial charge in [-0.1, -0.05) is 140 Å². The lowest BCUT2D eigenvalue weighted by Gasteiger charge is -2.29. The summed E-state index contributed by atoms with van der Waals surface area (Å²) in [5, 5.41) is 11.4. The van der Waals surface area contributed by atoms with Crippen molar-refractivity contribution in [2.24, 2.45) is 4.99 Å². The molecule has 52 heavy (non-hydrogen) atoms. The van der Waals surface area contributed by atoms with Gasteiger partial charge in [-0.15, -0.1) is 0 Å². The van der Waals surface area contributed by atoms with E-state index in [1.54, 1.807) is 0 Å². The Bertz CT molecular complexity index is 3150. The molecular weight excluding hydrogens is 633 g/mol. The Morgan fingerprint density at radius 2 is 1.27 bits per heavy atom. The van der Waals surface area contributed by atoms with E-state index >= 15 is 0 Å². The number of para-hydroxylation sites is 2. The minimum atomic E-state index is -0.0315. The van der Waals surface area contributed by atoms with Crippen molar-refractivity contribution in [1.29, 1.82) is 0 Å². The van der Waals surface area contributed by atoms with Crippen molar-refractivity contribution in [2.45, 2.75) is 6.04 Å². The van der Waals surface area contributed by atoms with Crippen molar-refractivity contribution < 1.29 is 0 Å². The van der Waals surface area contributed by atoms with Crippen LogP contribution in [0.5, 0.6) is 0 Å². The van der Waals surface area contributed by atoms with Crippen LogP contribution in [-0.4, -0.2) is 20.9 Å². The predicted octanol–water partition coefficient (Wildman–Crippen LogP) is 11.5. The van der Waals surface area contributed by atoms with E-state index in [2.05, 4.69) is 184 Å². The maximum Gasteiger partial charge on any atom is 0.138 e. The molecule has 1 unspecified atom stereocenters. The van der Waals surface area contributed by atoms with Crippen molar-refractivity contribution in [3.63, 3.8) is 0 Å². The van der Waals surface area contributed by atoms with E-state index < -0.39 is 0 Å². The lowest BCUT2D eigenvalue weighted by molar-refractivity contribution is 0.837. The van der Waals surface area contributed by atoms with Crippen LogP contribution in [0.1, 0.15) is 5.56 Å². The second-order valence-corrected chi connectivity index (χ2v) is 14.0. The fourth-order valence-corrected chi connectivity index (χ4v) is 9.03. The zero-order valence-corrected chi connectivity index (χ0v) is 28.1. The number of hydrogen-bond acceptors (Lipinski definition) is 2. The molecule has 4 heteroatoms. The number of nitrogens with zero attached hydrogens (tertiary/aromatic N) is 3. The van der Waals surface area contributed by atoms with Crippen LogP contribution in [0.3, 0.4) is 0 Å². The molecule has 2 aromatic heterocycles. The van der Waals surface area contributed by atoms with Gasteiger partial charge in [0, 0.05) is 38.2 Å². The summed E-state index contributed by atoms with van der Waals surface area (Å²) >= 11 is 0. The van der Waals surface area contributed by atoms with Crippen LogP contribution in [0, 0.1) is 0 Å². The summed E-state index contributed by atoms with van der Waals surface area (Å²) in [6, 6.07) is 53.3. The van der Waals surface area contributed by atoms with Crippen LogP contribution in [0.15, 0.2) is 175 Å². The van der Waals surface area contributed by atoms with Crippen molar-refractivity contribution >= 4 is 71.6 Å². The highest BCUT2D eigenvalue weighted by molar-refractivity contribution is 6.25. The highest BCUT2D eigenvalue weighted by Crippen LogP contribution is 2.49. The molecule has 1 aliphatic carbocycles. The fraction of sp³-hybridized carbons (Fsp3) is 0.0208. The van der Waals surface area contributed by atoms with Crippen LogP contribution in [0.4, 0.5) is 0 Å². The van der Waals surface area contributed by atoms with Crippen LogP contribution in [0.25, 0.3) is 93.8 Å². The Morgan fingerprint density at radius 1 is 0.519 bits per heavy atom. The number of nitrogens with one attached hydrogen (secondary N) is 1. The molecule has 0 spiro atoms. The molecule has 12 rings (SSSR count). The lowest BCUT2D eigenvalue weighted by Crippen LogP contribution is -2.38. The molecule has 1 N–H and O–H groups in total. The zero-order chi connectivity index (χ0) is 33.9. The highest BCUT2D eigenvalue weighted by Gasteiger charge is 2.30. The molecule has 0 amide bonds. The number of hydrogen-bond donors (Lipinski definition) is 1. The van der Waals surface area contributed by atoms with E-state index in [9.17, 15) is 0 Å². The van der Waals surface area contributed by atoms with Gasteiger partial charge in [-0.3, -0.25) is 4.57 Å². The molecule has 242 valence electrons. The summed E-state index contributed by atoms with van der Waals surface area (Å²) in [5.41, 5.74) is 13.9. The molecule has 0 radical (unpaired) electrons. The molecule has 3 aliphatic rings. The third kappa shape index (κ3) is 3.68. The summed E-state index contributed by atoms with van der Waals surface area (Å²) in [7, 11) is 0. The first-order valence-electron chi connectivity index (χ1n) is 17.9. The highest BCUT2D eigenvalue weighted by atomic mass is 15.2. The molecule has 4 nitrogen and oxygen atoms in total. The zero-order valence-electron chi connectivity index (χ0n) is 28.1. The van der Waals surface area contributed by atoms with Gasteiger partial charge in [0.05, 0.1) is 39.5 Å². The Labute approximate surface area is 299 Å².